The number of H-pyrrole nitrogens is 1. The van der Waals surface area contributed by atoms with E-state index in [0.29, 0.717) is 40.6 Å². The second kappa shape index (κ2) is 8.31. The maximum atomic E-state index is 12.1. The van der Waals surface area contributed by atoms with E-state index in [4.69, 9.17) is 16.3 Å². The molecule has 1 aromatic heterocycles. The molecule has 3 rings (SSSR count). The van der Waals surface area contributed by atoms with Crippen molar-refractivity contribution in [2.24, 2.45) is 0 Å². The van der Waals surface area contributed by atoms with Gasteiger partial charge in [0.2, 0.25) is 0 Å². The minimum absolute atomic E-state index is 0.160. The van der Waals surface area contributed by atoms with Gasteiger partial charge < -0.3 is 14.8 Å². The first-order chi connectivity index (χ1) is 12.5. The molecule has 0 bridgehead atoms. The van der Waals surface area contributed by atoms with Gasteiger partial charge in [0.05, 0.1) is 17.4 Å². The van der Waals surface area contributed by atoms with Crippen LogP contribution in [0.2, 0.25) is 5.02 Å². The number of benzene rings is 2. The monoisotopic (exact) mass is 373 g/mol. The van der Waals surface area contributed by atoms with E-state index in [1.54, 1.807) is 30.3 Å². The van der Waals surface area contributed by atoms with Crippen molar-refractivity contribution in [3.05, 3.63) is 69.7 Å². The Bertz CT molecular complexity index is 927. The lowest BCUT2D eigenvalue weighted by Gasteiger charge is -2.20. The number of hydrogen-bond donors (Lipinski definition) is 2. The van der Waals surface area contributed by atoms with Crippen LogP contribution >= 0.6 is 11.6 Å². The molecule has 0 saturated carbocycles. The van der Waals surface area contributed by atoms with Crippen LogP contribution in [0.3, 0.4) is 0 Å². The topological polar surface area (TPSA) is 78.5 Å². The Morgan fingerprint density at radius 2 is 1.96 bits per heavy atom. The summed E-state index contributed by atoms with van der Waals surface area (Å²) in [6, 6.07) is 14.2. The van der Waals surface area contributed by atoms with Crippen LogP contribution in [0, 0.1) is 0 Å². The predicted molar refractivity (Wildman–Crippen MR) is 102 cm³/mol. The fourth-order valence-corrected chi connectivity index (χ4v) is 2.79. The normalized spacial score (nSPS) is 12.5. The van der Waals surface area contributed by atoms with E-state index in [9.17, 15) is 9.90 Å². The van der Waals surface area contributed by atoms with Gasteiger partial charge in [-0.05, 0) is 43.4 Å². The van der Waals surface area contributed by atoms with Gasteiger partial charge in [-0.3, -0.25) is 9.69 Å². The second-order valence-electron chi connectivity index (χ2n) is 6.15. The Morgan fingerprint density at radius 1 is 1.23 bits per heavy atom. The Kier molecular flexibility index (Phi) is 5.88. The third-order valence-electron chi connectivity index (χ3n) is 3.86. The maximum Gasteiger partial charge on any atom is 0.258 e. The van der Waals surface area contributed by atoms with Gasteiger partial charge in [0.15, 0.2) is 0 Å². The van der Waals surface area contributed by atoms with Gasteiger partial charge in [-0.15, -0.1) is 0 Å². The number of fused-ring (bicyclic) bond motifs is 1. The zero-order valence-corrected chi connectivity index (χ0v) is 15.1. The zero-order valence-electron chi connectivity index (χ0n) is 14.4. The highest BCUT2D eigenvalue weighted by Gasteiger charge is 2.12. The van der Waals surface area contributed by atoms with Crippen LogP contribution in [0.25, 0.3) is 10.9 Å². The van der Waals surface area contributed by atoms with Crippen molar-refractivity contribution in [2.75, 3.05) is 20.2 Å². The number of nitrogens with one attached hydrogen (secondary N) is 1. The molecule has 0 aliphatic rings. The fraction of sp³-hybridized carbons (Fsp3) is 0.263. The number of ether oxygens (including phenoxy) is 1. The first-order valence-electron chi connectivity index (χ1n) is 8.24. The van der Waals surface area contributed by atoms with E-state index >= 15 is 0 Å². The largest absolute Gasteiger partial charge is 0.491 e. The van der Waals surface area contributed by atoms with Crippen LogP contribution in [-0.2, 0) is 6.54 Å². The highest BCUT2D eigenvalue weighted by molar-refractivity contribution is 6.30. The maximum absolute atomic E-state index is 12.1. The van der Waals surface area contributed by atoms with E-state index in [1.165, 1.54) is 0 Å². The molecule has 1 heterocycles. The number of likely N-dealkylation sites (N-methyl/N-ethyl adjacent to an activating group) is 1. The molecule has 0 aliphatic heterocycles. The Balaban J connectivity index is 1.55. The molecule has 26 heavy (non-hydrogen) atoms. The van der Waals surface area contributed by atoms with Crippen LogP contribution in [0.15, 0.2) is 53.3 Å². The minimum Gasteiger partial charge on any atom is -0.491 e. The summed E-state index contributed by atoms with van der Waals surface area (Å²) in [4.78, 5) is 21.2. The van der Waals surface area contributed by atoms with E-state index < -0.39 is 6.10 Å². The van der Waals surface area contributed by atoms with Gasteiger partial charge in [0, 0.05) is 11.6 Å². The quantitative estimate of drug-likeness (QED) is 0.665. The molecule has 0 spiro atoms. The van der Waals surface area contributed by atoms with Crippen molar-refractivity contribution in [1.82, 2.24) is 14.9 Å². The number of halogens is 1. The summed E-state index contributed by atoms with van der Waals surface area (Å²) < 4.78 is 5.54. The lowest BCUT2D eigenvalue weighted by Crippen LogP contribution is -2.33. The summed E-state index contributed by atoms with van der Waals surface area (Å²) in [5.41, 5.74) is 0.497. The number of aromatic nitrogens is 2. The number of hydrogen-bond acceptors (Lipinski definition) is 5. The summed E-state index contributed by atoms with van der Waals surface area (Å²) in [7, 11) is 1.85. The van der Waals surface area contributed by atoms with E-state index in [2.05, 4.69) is 9.97 Å². The third kappa shape index (κ3) is 4.82. The number of aliphatic hydroxyl groups is 1. The van der Waals surface area contributed by atoms with Gasteiger partial charge in [-0.2, -0.15) is 0 Å². The lowest BCUT2D eigenvalue weighted by atomic mass is 10.2. The molecule has 1 atom stereocenters. The second-order valence-corrected chi connectivity index (χ2v) is 6.58. The fourth-order valence-electron chi connectivity index (χ4n) is 2.67. The molecule has 6 nitrogen and oxygen atoms in total. The van der Waals surface area contributed by atoms with Gasteiger partial charge in [-0.1, -0.05) is 23.7 Å². The average molecular weight is 374 g/mol. The third-order valence-corrected chi connectivity index (χ3v) is 4.11. The molecule has 0 aliphatic carbocycles. The Hall–Kier alpha value is -2.41. The number of nitrogens with zero attached hydrogens (tertiary/aromatic N) is 2. The van der Waals surface area contributed by atoms with Crippen LogP contribution in [0.1, 0.15) is 5.82 Å². The molecule has 0 saturated heterocycles. The van der Waals surface area contributed by atoms with Crippen LogP contribution in [-0.4, -0.2) is 46.3 Å². The smallest absolute Gasteiger partial charge is 0.258 e. The molecular formula is C19H20ClN3O3. The molecule has 3 aromatic rings. The molecule has 136 valence electrons. The van der Waals surface area contributed by atoms with Crippen LogP contribution < -0.4 is 10.3 Å². The minimum atomic E-state index is -0.678. The predicted octanol–water partition coefficient (Wildman–Crippen LogP) is 2.45. The highest BCUT2D eigenvalue weighted by Crippen LogP contribution is 2.15. The number of para-hydroxylation sites is 1. The standard InChI is InChI=1S/C19H20ClN3O3/c1-23(10-14(24)12-26-15-8-6-13(20)7-9-15)11-18-21-17-5-3-2-4-16(17)19(25)22-18/h2-9,14,24H,10-12H2,1H3,(H,21,22,25)/t14-/m1/s1. The Morgan fingerprint density at radius 3 is 2.73 bits per heavy atom. The van der Waals surface area contributed by atoms with Gasteiger partial charge >= 0.3 is 0 Å². The molecule has 2 aromatic carbocycles. The van der Waals surface area contributed by atoms with Crippen molar-refractivity contribution < 1.29 is 9.84 Å². The Labute approximate surface area is 156 Å². The van der Waals surface area contributed by atoms with Crippen molar-refractivity contribution in [1.29, 1.82) is 0 Å². The number of rotatable bonds is 7. The summed E-state index contributed by atoms with van der Waals surface area (Å²) in [5, 5.41) is 11.4. The summed E-state index contributed by atoms with van der Waals surface area (Å²) in [6.07, 6.45) is -0.678. The van der Waals surface area contributed by atoms with E-state index in [0.717, 1.165) is 0 Å². The highest BCUT2D eigenvalue weighted by atomic mass is 35.5. The van der Waals surface area contributed by atoms with Crippen molar-refractivity contribution in [3.8, 4) is 5.75 Å². The molecular weight excluding hydrogens is 354 g/mol. The van der Waals surface area contributed by atoms with Gasteiger partial charge in [-0.25, -0.2) is 4.98 Å². The van der Waals surface area contributed by atoms with Crippen molar-refractivity contribution in [2.45, 2.75) is 12.6 Å². The summed E-state index contributed by atoms with van der Waals surface area (Å²) in [6.45, 7) is 0.954. The van der Waals surface area contributed by atoms with Crippen LogP contribution in [0.5, 0.6) is 5.75 Å². The lowest BCUT2D eigenvalue weighted by molar-refractivity contribution is 0.0737. The van der Waals surface area contributed by atoms with E-state index in [-0.39, 0.29) is 12.2 Å². The molecule has 0 unspecified atom stereocenters. The van der Waals surface area contributed by atoms with Gasteiger partial charge in [0.25, 0.3) is 5.56 Å². The first-order valence-corrected chi connectivity index (χ1v) is 8.62. The number of aliphatic hydroxyl groups excluding tert-OH is 1. The summed E-state index contributed by atoms with van der Waals surface area (Å²) >= 11 is 5.82. The first kappa shape index (κ1) is 18.4. The molecule has 0 amide bonds. The molecule has 7 heteroatoms. The summed E-state index contributed by atoms with van der Waals surface area (Å²) in [5.74, 6) is 1.21. The van der Waals surface area contributed by atoms with Crippen LogP contribution in [0.4, 0.5) is 0 Å². The van der Waals surface area contributed by atoms with Crippen molar-refractivity contribution >= 4 is 22.5 Å². The van der Waals surface area contributed by atoms with Crippen molar-refractivity contribution in [3.63, 3.8) is 0 Å². The zero-order chi connectivity index (χ0) is 18.5. The number of aromatic amines is 1. The average Bonchev–Trinajstić information content (AvgIpc) is 2.61. The molecule has 0 fully saturated rings. The molecule has 0 radical (unpaired) electrons. The molecule has 2 N–H and O–H groups in total. The van der Waals surface area contributed by atoms with E-state index in [1.807, 2.05) is 30.1 Å². The SMILES string of the molecule is CN(Cc1nc2ccccc2c(=O)[nH]1)C[C@@H](O)COc1ccc(Cl)cc1. The van der Waals surface area contributed by atoms with Gasteiger partial charge in [0.1, 0.15) is 24.3 Å².